The van der Waals surface area contributed by atoms with E-state index in [1.807, 2.05) is 48.5 Å². The highest BCUT2D eigenvalue weighted by Crippen LogP contribution is 2.88. The van der Waals surface area contributed by atoms with Gasteiger partial charge in [-0.25, -0.2) is 0 Å². The number of Topliss-reactive ketones (excluding diaryl/α,β-unsaturated/α-hetero) is 4. The predicted molar refractivity (Wildman–Crippen MR) is 212 cm³/mol. The number of fused-ring (bicyclic) bond motifs is 1. The molecule has 3 aliphatic carbocycles. The van der Waals surface area contributed by atoms with Gasteiger partial charge in [-0.2, -0.15) is 17.0 Å². The zero-order chi connectivity index (χ0) is 40.9. The van der Waals surface area contributed by atoms with Gasteiger partial charge >= 0.3 is 0 Å². The Balaban J connectivity index is 1.36. The molecule has 5 rings (SSSR count). The number of morpholine rings is 1. The van der Waals surface area contributed by atoms with E-state index in [2.05, 4.69) is 13.8 Å². The van der Waals surface area contributed by atoms with Gasteiger partial charge in [0, 0.05) is 76.2 Å². The van der Waals surface area contributed by atoms with E-state index in [-0.39, 0.29) is 96.7 Å². The van der Waals surface area contributed by atoms with Crippen LogP contribution in [0.3, 0.4) is 0 Å². The lowest BCUT2D eigenvalue weighted by Crippen LogP contribution is -2.49. The molecule has 1 unspecified atom stereocenters. The lowest BCUT2D eigenvalue weighted by molar-refractivity contribution is -0.147. The number of nitrogens with zero attached hydrogens (tertiary/aromatic N) is 3. The number of ketones is 4. The molecule has 1 amide bonds. The molecule has 12 heteroatoms. The van der Waals surface area contributed by atoms with Gasteiger partial charge in [0.05, 0.1) is 19.3 Å². The van der Waals surface area contributed by atoms with Gasteiger partial charge in [-0.1, -0.05) is 75.2 Å². The maximum atomic E-state index is 15.0. The van der Waals surface area contributed by atoms with E-state index >= 15 is 4.79 Å². The minimum Gasteiger partial charge on any atom is -0.379 e. The Hall–Kier alpha value is -2.02. The van der Waals surface area contributed by atoms with Gasteiger partial charge < -0.3 is 9.64 Å². The summed E-state index contributed by atoms with van der Waals surface area (Å²) < 4.78 is 35.0. The summed E-state index contributed by atoms with van der Waals surface area (Å²) in [6.45, 7) is 20.3. The molecular formula is C43H71N3O8S. The van der Waals surface area contributed by atoms with Crippen LogP contribution >= 0.6 is 0 Å². The van der Waals surface area contributed by atoms with E-state index in [4.69, 9.17) is 4.74 Å². The molecule has 2 heterocycles. The first-order valence-electron chi connectivity index (χ1n) is 21.1. The molecule has 55 heavy (non-hydrogen) atoms. The summed E-state index contributed by atoms with van der Waals surface area (Å²) >= 11 is 0. The van der Waals surface area contributed by atoms with Crippen LogP contribution in [0.25, 0.3) is 0 Å². The molecule has 11 nitrogen and oxygen atoms in total. The molecule has 3 saturated carbocycles. The normalized spacial score (nSPS) is 26.8. The molecule has 0 N–H and O–H groups in total. The summed E-state index contributed by atoms with van der Waals surface area (Å²) in [5, 5.41) is 0. The molecule has 2 saturated heterocycles. The first-order chi connectivity index (χ1) is 25.4. The molecule has 5 aliphatic rings. The average Bonchev–Trinajstić information content (AvgIpc) is 3.90. The summed E-state index contributed by atoms with van der Waals surface area (Å²) in [6.07, 6.45) is 7.21. The predicted octanol–water partition coefficient (Wildman–Crippen LogP) is 6.28. The van der Waals surface area contributed by atoms with Crippen molar-refractivity contribution in [2.45, 2.75) is 145 Å². The first-order valence-corrected chi connectivity index (χ1v) is 22.5. The van der Waals surface area contributed by atoms with Gasteiger partial charge in [0.2, 0.25) is 11.7 Å². The second-order valence-corrected chi connectivity index (χ2v) is 22.7. The first kappa shape index (κ1) is 44.1. The summed E-state index contributed by atoms with van der Waals surface area (Å²) in [6, 6.07) is -0.709. The van der Waals surface area contributed by atoms with Crippen LogP contribution in [-0.2, 0) is 38.9 Å². The van der Waals surface area contributed by atoms with Gasteiger partial charge in [-0.15, -0.1) is 0 Å². The van der Waals surface area contributed by atoms with Crippen LogP contribution in [0.4, 0.5) is 0 Å². The molecule has 2 aliphatic heterocycles. The topological polar surface area (TPSA) is 138 Å². The van der Waals surface area contributed by atoms with Crippen molar-refractivity contribution in [3.63, 3.8) is 0 Å². The maximum Gasteiger partial charge on any atom is 0.281 e. The number of rotatable bonds is 18. The van der Waals surface area contributed by atoms with Crippen LogP contribution in [0.15, 0.2) is 0 Å². The van der Waals surface area contributed by atoms with Gasteiger partial charge in [0.1, 0.15) is 5.78 Å². The van der Waals surface area contributed by atoms with Crippen molar-refractivity contribution in [3.05, 3.63) is 0 Å². The van der Waals surface area contributed by atoms with Crippen molar-refractivity contribution in [2.75, 3.05) is 46.4 Å². The fraction of sp³-hybridized carbons (Fsp3) is 0.884. The number of carbonyl (C=O) groups is 5. The highest BCUT2D eigenvalue weighted by Gasteiger charge is 2.85. The van der Waals surface area contributed by atoms with Crippen molar-refractivity contribution >= 4 is 39.2 Å². The minimum atomic E-state index is -3.74. The third-order valence-electron chi connectivity index (χ3n) is 15.0. The average molecular weight is 790 g/mol. The van der Waals surface area contributed by atoms with E-state index in [9.17, 15) is 27.6 Å². The molecule has 0 radical (unpaired) electrons. The molecule has 312 valence electrons. The van der Waals surface area contributed by atoms with Crippen LogP contribution in [0, 0.1) is 50.7 Å². The molecule has 0 aromatic carbocycles. The SMILES string of the molecule is CCCC(CC(=O)[C@@H]1C[C@@]2(CN1C(=O)[C@@H](CC(=O)C[C@H](CN(C)S(=O)(=O)N1CCOCC1)C(C)(C)C)C(C)(C)C)C(C)(C)C21CCC1)C(=O)C(=O)CC1CC1. The number of hydrogen-bond donors (Lipinski definition) is 0. The van der Waals surface area contributed by atoms with Crippen LogP contribution in [0.1, 0.15) is 139 Å². The van der Waals surface area contributed by atoms with Crippen LogP contribution < -0.4 is 0 Å². The third kappa shape index (κ3) is 8.59. The van der Waals surface area contributed by atoms with E-state index in [1.54, 1.807) is 11.9 Å². The van der Waals surface area contributed by atoms with E-state index in [0.717, 1.165) is 32.1 Å². The Bertz CT molecular complexity index is 1600. The Morgan fingerprint density at radius 1 is 0.891 bits per heavy atom. The molecule has 0 bridgehead atoms. The Morgan fingerprint density at radius 2 is 1.51 bits per heavy atom. The summed E-state index contributed by atoms with van der Waals surface area (Å²) in [5.74, 6) is -2.66. The van der Waals surface area contributed by atoms with Gasteiger partial charge in [0.15, 0.2) is 11.6 Å². The summed E-state index contributed by atoms with van der Waals surface area (Å²) in [7, 11) is -2.18. The zero-order valence-electron chi connectivity index (χ0n) is 35.6. The highest BCUT2D eigenvalue weighted by molar-refractivity contribution is 7.86. The molecule has 0 aromatic rings. The Morgan fingerprint density at radius 3 is 2.00 bits per heavy atom. The van der Waals surface area contributed by atoms with E-state index < -0.39 is 44.7 Å². The lowest BCUT2D eigenvalue weighted by Gasteiger charge is -2.37. The molecule has 2 spiro atoms. The van der Waals surface area contributed by atoms with Crippen molar-refractivity contribution in [1.82, 2.24) is 13.5 Å². The van der Waals surface area contributed by atoms with Crippen LogP contribution in [-0.4, -0.2) is 103 Å². The van der Waals surface area contributed by atoms with Gasteiger partial charge in [0.25, 0.3) is 10.2 Å². The van der Waals surface area contributed by atoms with E-state index in [0.29, 0.717) is 39.0 Å². The highest BCUT2D eigenvalue weighted by atomic mass is 32.2. The standard InChI is InChI=1S/C43H71N3O8S/c1-11-13-30(37(50)36(49)22-29-14-15-29)23-35(48)34-26-43(41(8,9)42(43)16-12-17-42)28-46(34)38(51)33(40(5,6)7)25-32(47)24-31(39(2,3)4)27-44(10)55(52,53)45-18-20-54-21-19-45/h29-31,33-34H,11-28H2,1-10H3/t30?,31-,33-,34+,43-/m1/s1. The van der Waals surface area contributed by atoms with Gasteiger partial charge in [-0.05, 0) is 72.0 Å². The molecule has 0 aromatic heterocycles. The number of hydrogen-bond acceptors (Lipinski definition) is 8. The maximum absolute atomic E-state index is 15.0. The lowest BCUT2D eigenvalue weighted by atomic mass is 9.73. The fourth-order valence-corrected chi connectivity index (χ4v) is 12.0. The third-order valence-corrected chi connectivity index (χ3v) is 17.0. The summed E-state index contributed by atoms with van der Waals surface area (Å²) in [4.78, 5) is 71.8. The van der Waals surface area contributed by atoms with Crippen molar-refractivity contribution in [1.29, 1.82) is 0 Å². The molecular weight excluding hydrogens is 719 g/mol. The van der Waals surface area contributed by atoms with Crippen LogP contribution in [0.2, 0.25) is 0 Å². The monoisotopic (exact) mass is 789 g/mol. The quantitative estimate of drug-likeness (QED) is 0.148. The van der Waals surface area contributed by atoms with Crippen LogP contribution in [0.5, 0.6) is 0 Å². The van der Waals surface area contributed by atoms with Crippen molar-refractivity contribution in [2.24, 2.45) is 50.7 Å². The van der Waals surface area contributed by atoms with Crippen molar-refractivity contribution in [3.8, 4) is 0 Å². The van der Waals surface area contributed by atoms with E-state index in [1.165, 1.54) is 8.61 Å². The Labute approximate surface area is 331 Å². The smallest absolute Gasteiger partial charge is 0.281 e. The number of ether oxygens (including phenoxy) is 1. The largest absolute Gasteiger partial charge is 0.379 e. The second-order valence-electron chi connectivity index (χ2n) is 20.6. The zero-order valence-corrected chi connectivity index (χ0v) is 36.4. The molecule has 5 fully saturated rings. The molecule has 5 atom stereocenters. The van der Waals surface area contributed by atoms with Gasteiger partial charge in [-0.3, -0.25) is 24.0 Å². The number of carbonyl (C=O) groups excluding carboxylic acids is 5. The number of likely N-dealkylation sites (tertiary alicyclic amines) is 1. The number of amides is 1. The minimum absolute atomic E-state index is 0.0135. The second kappa shape index (κ2) is 16.0. The fourth-order valence-electron chi connectivity index (χ4n) is 10.7. The van der Waals surface area contributed by atoms with Crippen molar-refractivity contribution < 1.29 is 37.1 Å². The summed E-state index contributed by atoms with van der Waals surface area (Å²) in [5.41, 5.74) is -1.18. The Kier molecular flexibility index (Phi) is 12.8.